The second kappa shape index (κ2) is 6.47. The molecule has 0 aliphatic heterocycles. The van der Waals surface area contributed by atoms with Gasteiger partial charge in [0.2, 0.25) is 0 Å². The quantitative estimate of drug-likeness (QED) is 0.845. The van der Waals surface area contributed by atoms with E-state index in [9.17, 15) is 5.11 Å². The minimum atomic E-state index is -0.868. The molecule has 0 saturated heterocycles. The third-order valence-electron chi connectivity index (χ3n) is 3.50. The number of nitrogens with one attached hydrogen (secondary N) is 1. The molecular formula is C14H19BrN4O. The highest BCUT2D eigenvalue weighted by Gasteiger charge is 2.26. The molecule has 0 aliphatic rings. The van der Waals surface area contributed by atoms with E-state index in [4.69, 9.17) is 0 Å². The first-order valence-corrected chi connectivity index (χ1v) is 7.37. The third kappa shape index (κ3) is 3.45. The van der Waals surface area contributed by atoms with Gasteiger partial charge in [0.1, 0.15) is 5.60 Å². The van der Waals surface area contributed by atoms with Crippen LogP contribution in [0.5, 0.6) is 0 Å². The number of halogens is 1. The predicted molar refractivity (Wildman–Crippen MR) is 81.0 cm³/mol. The van der Waals surface area contributed by atoms with E-state index in [0.717, 1.165) is 15.7 Å². The van der Waals surface area contributed by atoms with E-state index < -0.39 is 5.60 Å². The average Bonchev–Trinajstić information content (AvgIpc) is 2.85. The van der Waals surface area contributed by atoms with Crippen LogP contribution < -0.4 is 5.32 Å². The molecule has 20 heavy (non-hydrogen) atoms. The minimum Gasteiger partial charge on any atom is -0.384 e. The molecule has 1 aromatic heterocycles. The van der Waals surface area contributed by atoms with Crippen molar-refractivity contribution in [2.45, 2.75) is 25.5 Å². The number of benzene rings is 1. The second-order valence-corrected chi connectivity index (χ2v) is 5.76. The number of hydrogen-bond acceptors (Lipinski definition) is 4. The molecular weight excluding hydrogens is 320 g/mol. The molecule has 6 heteroatoms. The molecule has 1 heterocycles. The Morgan fingerprint density at radius 2 is 2.05 bits per heavy atom. The van der Waals surface area contributed by atoms with Crippen LogP contribution in [0.4, 0.5) is 0 Å². The van der Waals surface area contributed by atoms with Gasteiger partial charge in [0, 0.05) is 24.6 Å². The molecule has 0 amide bonds. The monoisotopic (exact) mass is 338 g/mol. The van der Waals surface area contributed by atoms with Gasteiger partial charge in [-0.3, -0.25) is 4.68 Å². The summed E-state index contributed by atoms with van der Waals surface area (Å²) >= 11 is 3.41. The molecule has 0 aliphatic carbocycles. The number of aliphatic hydroxyl groups is 1. The number of rotatable bonds is 6. The second-order valence-electron chi connectivity index (χ2n) is 4.84. The fourth-order valence-corrected chi connectivity index (χ4v) is 2.32. The first-order chi connectivity index (χ1) is 9.55. The fraction of sp³-hybridized carbons (Fsp3) is 0.429. The lowest BCUT2D eigenvalue weighted by atomic mass is 9.91. The van der Waals surface area contributed by atoms with Crippen LogP contribution in [-0.4, -0.2) is 26.6 Å². The van der Waals surface area contributed by atoms with Gasteiger partial charge >= 0.3 is 0 Å². The summed E-state index contributed by atoms with van der Waals surface area (Å²) in [6.45, 7) is 3.09. The Kier molecular flexibility index (Phi) is 4.91. The highest BCUT2D eigenvalue weighted by atomic mass is 79.9. The zero-order chi connectivity index (χ0) is 14.6. The van der Waals surface area contributed by atoms with Crippen LogP contribution in [0.3, 0.4) is 0 Å². The lowest BCUT2D eigenvalue weighted by Gasteiger charge is -2.28. The van der Waals surface area contributed by atoms with Gasteiger partial charge in [0.05, 0.1) is 11.9 Å². The van der Waals surface area contributed by atoms with Crippen LogP contribution in [0.1, 0.15) is 24.6 Å². The standard InChI is InChI=1S/C14H19BrN4O/c1-3-14(20,11-4-6-12(15)7-5-11)10-16-8-13-9-17-18-19(13)2/h4-7,9,16,20H,3,8,10H2,1-2H3. The third-order valence-corrected chi connectivity index (χ3v) is 4.03. The molecule has 2 aromatic rings. The zero-order valence-corrected chi connectivity index (χ0v) is 13.3. The molecule has 0 fully saturated rings. The Balaban J connectivity index is 2.00. The summed E-state index contributed by atoms with van der Waals surface area (Å²) in [7, 11) is 1.85. The van der Waals surface area contributed by atoms with Gasteiger partial charge in [-0.1, -0.05) is 40.2 Å². The fourth-order valence-electron chi connectivity index (χ4n) is 2.06. The summed E-state index contributed by atoms with van der Waals surface area (Å²) in [6.07, 6.45) is 2.36. The minimum absolute atomic E-state index is 0.482. The highest BCUT2D eigenvalue weighted by molar-refractivity contribution is 9.10. The molecule has 0 bridgehead atoms. The Bertz CT molecular complexity index is 555. The van der Waals surface area contributed by atoms with Gasteiger partial charge < -0.3 is 10.4 Å². The van der Waals surface area contributed by atoms with Crippen LogP contribution >= 0.6 is 15.9 Å². The van der Waals surface area contributed by atoms with Crippen molar-refractivity contribution < 1.29 is 5.11 Å². The average molecular weight is 339 g/mol. The van der Waals surface area contributed by atoms with Gasteiger partial charge in [-0.25, -0.2) is 0 Å². The SMILES string of the molecule is CCC(O)(CNCc1cnnn1C)c1ccc(Br)cc1. The van der Waals surface area contributed by atoms with Crippen molar-refractivity contribution in [3.05, 3.63) is 46.2 Å². The van der Waals surface area contributed by atoms with Gasteiger partial charge in [-0.2, -0.15) is 0 Å². The van der Waals surface area contributed by atoms with Crippen LogP contribution in [-0.2, 0) is 19.2 Å². The number of nitrogens with zero attached hydrogens (tertiary/aromatic N) is 3. The Morgan fingerprint density at radius 3 is 2.60 bits per heavy atom. The van der Waals surface area contributed by atoms with Crippen molar-refractivity contribution in [2.75, 3.05) is 6.54 Å². The summed E-state index contributed by atoms with van der Waals surface area (Å²) in [6, 6.07) is 7.78. The largest absolute Gasteiger partial charge is 0.384 e. The van der Waals surface area contributed by atoms with Gasteiger partial charge in [0.25, 0.3) is 0 Å². The van der Waals surface area contributed by atoms with Gasteiger partial charge in [-0.15, -0.1) is 5.10 Å². The predicted octanol–water partition coefficient (Wildman–Crippen LogP) is 1.96. The summed E-state index contributed by atoms with van der Waals surface area (Å²) < 4.78 is 2.73. The summed E-state index contributed by atoms with van der Waals surface area (Å²) in [5.41, 5.74) is 1.03. The molecule has 108 valence electrons. The van der Waals surface area contributed by atoms with Crippen molar-refractivity contribution in [2.24, 2.45) is 7.05 Å². The highest BCUT2D eigenvalue weighted by Crippen LogP contribution is 2.25. The molecule has 1 unspecified atom stereocenters. The van der Waals surface area contributed by atoms with E-state index in [0.29, 0.717) is 19.5 Å². The molecule has 2 rings (SSSR count). The van der Waals surface area contributed by atoms with Crippen molar-refractivity contribution in [3.63, 3.8) is 0 Å². The molecule has 0 spiro atoms. The van der Waals surface area contributed by atoms with Crippen LogP contribution in [0.25, 0.3) is 0 Å². The summed E-state index contributed by atoms with van der Waals surface area (Å²) in [4.78, 5) is 0. The maximum atomic E-state index is 10.8. The van der Waals surface area contributed by atoms with Crippen LogP contribution in [0, 0.1) is 0 Å². The van der Waals surface area contributed by atoms with E-state index in [2.05, 4.69) is 31.6 Å². The van der Waals surface area contributed by atoms with E-state index in [1.54, 1.807) is 10.9 Å². The van der Waals surface area contributed by atoms with Crippen LogP contribution in [0.2, 0.25) is 0 Å². The number of aromatic nitrogens is 3. The molecule has 1 atom stereocenters. The normalized spacial score (nSPS) is 14.2. The van der Waals surface area contributed by atoms with Crippen molar-refractivity contribution in [1.29, 1.82) is 0 Å². The van der Waals surface area contributed by atoms with Crippen molar-refractivity contribution >= 4 is 15.9 Å². The first-order valence-electron chi connectivity index (χ1n) is 6.58. The Morgan fingerprint density at radius 1 is 1.35 bits per heavy atom. The number of hydrogen-bond donors (Lipinski definition) is 2. The molecule has 0 saturated carbocycles. The van der Waals surface area contributed by atoms with E-state index >= 15 is 0 Å². The number of aryl methyl sites for hydroxylation is 1. The lowest BCUT2D eigenvalue weighted by Crippen LogP contribution is -2.37. The van der Waals surface area contributed by atoms with Crippen molar-refractivity contribution in [1.82, 2.24) is 20.3 Å². The molecule has 5 nitrogen and oxygen atoms in total. The summed E-state index contributed by atoms with van der Waals surface area (Å²) in [5, 5.41) is 21.7. The van der Waals surface area contributed by atoms with Crippen molar-refractivity contribution in [3.8, 4) is 0 Å². The first kappa shape index (κ1) is 15.2. The van der Waals surface area contributed by atoms with Gasteiger partial charge in [0.15, 0.2) is 0 Å². The maximum absolute atomic E-state index is 10.8. The maximum Gasteiger partial charge on any atom is 0.102 e. The topological polar surface area (TPSA) is 63.0 Å². The summed E-state index contributed by atoms with van der Waals surface area (Å²) in [5.74, 6) is 0. The smallest absolute Gasteiger partial charge is 0.102 e. The van der Waals surface area contributed by atoms with E-state index in [1.165, 1.54) is 0 Å². The Hall–Kier alpha value is -1.24. The molecule has 2 N–H and O–H groups in total. The molecule has 0 radical (unpaired) electrons. The lowest BCUT2D eigenvalue weighted by molar-refractivity contribution is 0.0322. The van der Waals surface area contributed by atoms with Crippen LogP contribution in [0.15, 0.2) is 34.9 Å². The van der Waals surface area contributed by atoms with Gasteiger partial charge in [-0.05, 0) is 24.1 Å². The van der Waals surface area contributed by atoms with E-state index in [-0.39, 0.29) is 0 Å². The molecule has 1 aromatic carbocycles. The van der Waals surface area contributed by atoms with E-state index in [1.807, 2.05) is 38.2 Å². The zero-order valence-electron chi connectivity index (χ0n) is 11.7. The Labute approximate surface area is 127 Å².